The van der Waals surface area contributed by atoms with Crippen molar-refractivity contribution < 1.29 is 27.5 Å². The zero-order valence-corrected chi connectivity index (χ0v) is 17.1. The number of para-hydroxylation sites is 1. The number of Topliss-reactive ketones (excluding diaryl/α,β-unsaturated/α-hetero) is 1. The van der Waals surface area contributed by atoms with Crippen molar-refractivity contribution in [3.05, 3.63) is 59.7 Å². The Bertz CT molecular complexity index is 1020. The summed E-state index contributed by atoms with van der Waals surface area (Å²) in [5.41, 5.74) is 1.82. The van der Waals surface area contributed by atoms with E-state index in [1.807, 2.05) is 19.1 Å². The summed E-state index contributed by atoms with van der Waals surface area (Å²) < 4.78 is 31.8. The summed E-state index contributed by atoms with van der Waals surface area (Å²) in [5.74, 6) is -1.63. The van der Waals surface area contributed by atoms with Crippen molar-refractivity contribution in [1.82, 2.24) is 4.72 Å². The first-order chi connectivity index (χ1) is 13.6. The van der Waals surface area contributed by atoms with Crippen LogP contribution in [0.3, 0.4) is 0 Å². The van der Waals surface area contributed by atoms with E-state index >= 15 is 0 Å². The van der Waals surface area contributed by atoms with Gasteiger partial charge < -0.3 is 10.1 Å². The molecule has 9 heteroatoms. The maximum atomic E-state index is 12.4. The summed E-state index contributed by atoms with van der Waals surface area (Å²) in [7, 11) is -4.00. The fourth-order valence-electron chi connectivity index (χ4n) is 2.38. The summed E-state index contributed by atoms with van der Waals surface area (Å²) in [5, 5.41) is 2.61. The molecule has 1 amide bonds. The van der Waals surface area contributed by atoms with Crippen LogP contribution in [-0.2, 0) is 24.3 Å². The van der Waals surface area contributed by atoms with Gasteiger partial charge in [0, 0.05) is 11.3 Å². The van der Waals surface area contributed by atoms with Crippen LogP contribution in [0.5, 0.6) is 0 Å². The molecule has 0 saturated carbocycles. The number of carbonyl (C=O) groups is 3. The molecule has 8 nitrogen and oxygen atoms in total. The summed E-state index contributed by atoms with van der Waals surface area (Å²) in [6, 6.07) is 11.2. The molecule has 0 unspecified atom stereocenters. The predicted molar refractivity (Wildman–Crippen MR) is 107 cm³/mol. The van der Waals surface area contributed by atoms with Gasteiger partial charge in [-0.15, -0.1) is 0 Å². The molecule has 2 aromatic carbocycles. The van der Waals surface area contributed by atoms with Crippen LogP contribution in [0.1, 0.15) is 29.8 Å². The second-order valence-corrected chi connectivity index (χ2v) is 8.11. The van der Waals surface area contributed by atoms with Gasteiger partial charge in [0.2, 0.25) is 10.0 Å². The molecule has 1 atom stereocenters. The van der Waals surface area contributed by atoms with E-state index in [-0.39, 0.29) is 10.7 Å². The number of anilines is 1. The van der Waals surface area contributed by atoms with Gasteiger partial charge in [-0.25, -0.2) is 8.42 Å². The van der Waals surface area contributed by atoms with Crippen molar-refractivity contribution in [1.29, 1.82) is 0 Å². The highest BCUT2D eigenvalue weighted by atomic mass is 32.2. The van der Waals surface area contributed by atoms with E-state index in [0.29, 0.717) is 11.3 Å². The number of aryl methyl sites for hydroxylation is 1. The van der Waals surface area contributed by atoms with Crippen molar-refractivity contribution in [2.24, 2.45) is 0 Å². The van der Waals surface area contributed by atoms with Crippen LogP contribution >= 0.6 is 0 Å². The third-order valence-corrected chi connectivity index (χ3v) is 5.58. The smallest absolute Gasteiger partial charge is 0.324 e. The van der Waals surface area contributed by atoms with Gasteiger partial charge in [-0.1, -0.05) is 30.3 Å². The lowest BCUT2D eigenvalue weighted by atomic mass is 10.2. The molecular formula is C20H22N2O6S. The van der Waals surface area contributed by atoms with Crippen molar-refractivity contribution >= 4 is 33.4 Å². The van der Waals surface area contributed by atoms with Crippen LogP contribution in [0.15, 0.2) is 53.4 Å². The Morgan fingerprint density at radius 2 is 1.66 bits per heavy atom. The number of hydrogen-bond donors (Lipinski definition) is 2. The van der Waals surface area contributed by atoms with Gasteiger partial charge in [0.1, 0.15) is 6.04 Å². The van der Waals surface area contributed by atoms with Gasteiger partial charge >= 0.3 is 5.97 Å². The zero-order valence-electron chi connectivity index (χ0n) is 16.3. The van der Waals surface area contributed by atoms with E-state index < -0.39 is 34.5 Å². The Labute approximate surface area is 169 Å². The van der Waals surface area contributed by atoms with Gasteiger partial charge in [0.05, 0.1) is 4.90 Å². The molecular weight excluding hydrogens is 396 g/mol. The van der Waals surface area contributed by atoms with Crippen LogP contribution in [0, 0.1) is 6.92 Å². The number of benzene rings is 2. The SMILES string of the molecule is CC(=O)c1ccc(S(=O)(=O)N[C@@H](C)C(=O)OCC(=O)Nc2ccccc2C)cc1. The predicted octanol–water partition coefficient (Wildman–Crippen LogP) is 2.05. The number of amides is 1. The number of ketones is 1. The van der Waals surface area contributed by atoms with Crippen molar-refractivity contribution in [3.8, 4) is 0 Å². The largest absolute Gasteiger partial charge is 0.454 e. The maximum absolute atomic E-state index is 12.4. The first-order valence-corrected chi connectivity index (χ1v) is 10.2. The zero-order chi connectivity index (χ0) is 21.6. The number of sulfonamides is 1. The van der Waals surface area contributed by atoms with Crippen LogP contribution < -0.4 is 10.0 Å². The number of ether oxygens (including phenoxy) is 1. The Morgan fingerprint density at radius 3 is 2.24 bits per heavy atom. The number of carbonyl (C=O) groups excluding carboxylic acids is 3. The summed E-state index contributed by atoms with van der Waals surface area (Å²) >= 11 is 0. The molecule has 0 heterocycles. The second-order valence-electron chi connectivity index (χ2n) is 6.39. The van der Waals surface area contributed by atoms with Crippen LogP contribution in [0.2, 0.25) is 0 Å². The quantitative estimate of drug-likeness (QED) is 0.500. The van der Waals surface area contributed by atoms with Crippen LogP contribution in [0.25, 0.3) is 0 Å². The highest BCUT2D eigenvalue weighted by molar-refractivity contribution is 7.89. The molecule has 2 rings (SSSR count). The lowest BCUT2D eigenvalue weighted by molar-refractivity contribution is -0.148. The summed E-state index contributed by atoms with van der Waals surface area (Å²) in [4.78, 5) is 35.2. The summed E-state index contributed by atoms with van der Waals surface area (Å²) in [6.45, 7) is 3.95. The molecule has 0 bridgehead atoms. The number of nitrogens with one attached hydrogen (secondary N) is 2. The Kier molecular flexibility index (Phi) is 7.24. The average molecular weight is 418 g/mol. The maximum Gasteiger partial charge on any atom is 0.324 e. The van der Waals surface area contributed by atoms with Crippen molar-refractivity contribution in [3.63, 3.8) is 0 Å². The minimum absolute atomic E-state index is 0.0977. The van der Waals surface area contributed by atoms with Gasteiger partial charge in [-0.3, -0.25) is 14.4 Å². The molecule has 0 fully saturated rings. The Hall–Kier alpha value is -3.04. The van der Waals surface area contributed by atoms with Gasteiger partial charge in [0.15, 0.2) is 12.4 Å². The molecule has 0 saturated heterocycles. The standard InChI is InChI=1S/C20H22N2O6S/c1-13-6-4-5-7-18(13)21-19(24)12-28-20(25)14(2)22-29(26,27)17-10-8-16(9-11-17)15(3)23/h4-11,14,22H,12H2,1-3H3,(H,21,24)/t14-/m0/s1. The number of esters is 1. The topological polar surface area (TPSA) is 119 Å². The fourth-order valence-corrected chi connectivity index (χ4v) is 3.57. The van der Waals surface area contributed by atoms with E-state index in [9.17, 15) is 22.8 Å². The molecule has 0 aliphatic carbocycles. The van der Waals surface area contributed by atoms with E-state index in [0.717, 1.165) is 5.56 Å². The molecule has 154 valence electrons. The van der Waals surface area contributed by atoms with Crippen molar-refractivity contribution in [2.75, 3.05) is 11.9 Å². The molecule has 2 aromatic rings. The highest BCUT2D eigenvalue weighted by Gasteiger charge is 2.24. The molecule has 0 aliphatic heterocycles. The average Bonchev–Trinajstić information content (AvgIpc) is 2.67. The van der Waals surface area contributed by atoms with Gasteiger partial charge in [-0.05, 0) is 44.5 Å². The Morgan fingerprint density at radius 1 is 1.03 bits per heavy atom. The monoisotopic (exact) mass is 418 g/mol. The lowest BCUT2D eigenvalue weighted by Crippen LogP contribution is -2.40. The van der Waals surface area contributed by atoms with E-state index in [2.05, 4.69) is 10.0 Å². The first kappa shape index (κ1) is 22.3. The third kappa shape index (κ3) is 6.23. The van der Waals surface area contributed by atoms with Crippen LogP contribution in [0.4, 0.5) is 5.69 Å². The molecule has 0 aliphatic rings. The fraction of sp³-hybridized carbons (Fsp3) is 0.250. The molecule has 29 heavy (non-hydrogen) atoms. The minimum atomic E-state index is -4.00. The second kappa shape index (κ2) is 9.44. The minimum Gasteiger partial charge on any atom is -0.454 e. The van der Waals surface area contributed by atoms with Gasteiger partial charge in [-0.2, -0.15) is 4.72 Å². The molecule has 0 radical (unpaired) electrons. The van der Waals surface area contributed by atoms with E-state index in [1.165, 1.54) is 38.1 Å². The number of hydrogen-bond acceptors (Lipinski definition) is 6. The van der Waals surface area contributed by atoms with Crippen LogP contribution in [-0.4, -0.2) is 38.7 Å². The van der Waals surface area contributed by atoms with E-state index in [1.54, 1.807) is 12.1 Å². The normalized spacial score (nSPS) is 12.1. The summed E-state index contributed by atoms with van der Waals surface area (Å²) in [6.07, 6.45) is 0. The lowest BCUT2D eigenvalue weighted by Gasteiger charge is -2.14. The van der Waals surface area contributed by atoms with E-state index in [4.69, 9.17) is 4.74 Å². The molecule has 2 N–H and O–H groups in total. The highest BCUT2D eigenvalue weighted by Crippen LogP contribution is 2.13. The first-order valence-electron chi connectivity index (χ1n) is 8.75. The third-order valence-electron chi connectivity index (χ3n) is 4.02. The van der Waals surface area contributed by atoms with Gasteiger partial charge in [0.25, 0.3) is 5.91 Å². The van der Waals surface area contributed by atoms with Crippen molar-refractivity contribution in [2.45, 2.75) is 31.7 Å². The molecule has 0 spiro atoms. The molecule has 0 aromatic heterocycles. The Balaban J connectivity index is 1.91. The number of rotatable bonds is 8.